The summed E-state index contributed by atoms with van der Waals surface area (Å²) >= 11 is 0. The maximum absolute atomic E-state index is 6.49. The van der Waals surface area contributed by atoms with Gasteiger partial charge in [0.25, 0.3) is 0 Å². The number of piperidine rings is 1. The molecular formula is C19H30N2. The second kappa shape index (κ2) is 6.50. The molecule has 116 valence electrons. The standard InChI is InChI=1S/C19H30N2/c1-14(2)15-8-10-16(11-9-15)18(20)13-21-12-4-6-17-5-3-7-19(17)21/h8-11,14,17-19H,3-7,12-13,20H2,1-2H3. The Hall–Kier alpha value is -0.860. The monoisotopic (exact) mass is 286 g/mol. The lowest BCUT2D eigenvalue weighted by atomic mass is 9.91. The van der Waals surface area contributed by atoms with Crippen LogP contribution in [-0.4, -0.2) is 24.0 Å². The van der Waals surface area contributed by atoms with Gasteiger partial charge in [0.05, 0.1) is 0 Å². The molecule has 0 bridgehead atoms. The van der Waals surface area contributed by atoms with Crippen LogP contribution in [0.25, 0.3) is 0 Å². The van der Waals surface area contributed by atoms with E-state index in [4.69, 9.17) is 5.73 Å². The zero-order valence-corrected chi connectivity index (χ0v) is 13.6. The number of nitrogens with two attached hydrogens (primary N) is 1. The SMILES string of the molecule is CC(C)c1ccc(C(N)CN2CCCC3CCCC32)cc1. The summed E-state index contributed by atoms with van der Waals surface area (Å²) in [4.78, 5) is 2.68. The van der Waals surface area contributed by atoms with Gasteiger partial charge in [-0.3, -0.25) is 4.90 Å². The van der Waals surface area contributed by atoms with Gasteiger partial charge in [0, 0.05) is 18.6 Å². The Morgan fingerprint density at radius 1 is 1.05 bits per heavy atom. The second-order valence-corrected chi connectivity index (χ2v) is 7.32. The number of benzene rings is 1. The largest absolute Gasteiger partial charge is 0.323 e. The summed E-state index contributed by atoms with van der Waals surface area (Å²) in [6.07, 6.45) is 7.06. The van der Waals surface area contributed by atoms with Crippen molar-refractivity contribution in [3.63, 3.8) is 0 Å². The van der Waals surface area contributed by atoms with Gasteiger partial charge in [-0.25, -0.2) is 0 Å². The predicted octanol–water partition coefficient (Wildman–Crippen LogP) is 4.07. The molecule has 0 aromatic heterocycles. The maximum atomic E-state index is 6.49. The molecule has 2 fully saturated rings. The summed E-state index contributed by atoms with van der Waals surface area (Å²) in [6, 6.07) is 9.93. The Labute approximate surface area is 129 Å². The Kier molecular flexibility index (Phi) is 4.66. The number of hydrogen-bond donors (Lipinski definition) is 1. The Morgan fingerprint density at radius 3 is 2.43 bits per heavy atom. The van der Waals surface area contributed by atoms with Crippen LogP contribution in [0.4, 0.5) is 0 Å². The average molecular weight is 286 g/mol. The average Bonchev–Trinajstić information content (AvgIpc) is 2.97. The summed E-state index contributed by atoms with van der Waals surface area (Å²) in [5.41, 5.74) is 9.19. The van der Waals surface area contributed by atoms with E-state index in [1.165, 1.54) is 49.8 Å². The first-order chi connectivity index (χ1) is 10.1. The van der Waals surface area contributed by atoms with Crippen molar-refractivity contribution in [3.8, 4) is 0 Å². The first kappa shape index (κ1) is 15.1. The van der Waals surface area contributed by atoms with Crippen LogP contribution in [0.15, 0.2) is 24.3 Å². The molecule has 21 heavy (non-hydrogen) atoms. The molecule has 3 atom stereocenters. The number of hydrogen-bond acceptors (Lipinski definition) is 2. The molecule has 3 rings (SSSR count). The first-order valence-electron chi connectivity index (χ1n) is 8.74. The molecule has 2 nitrogen and oxygen atoms in total. The molecule has 0 radical (unpaired) electrons. The van der Waals surface area contributed by atoms with E-state index >= 15 is 0 Å². The van der Waals surface area contributed by atoms with Crippen LogP contribution < -0.4 is 5.73 Å². The van der Waals surface area contributed by atoms with Crippen molar-refractivity contribution in [2.45, 2.75) is 64.0 Å². The summed E-state index contributed by atoms with van der Waals surface area (Å²) < 4.78 is 0. The Bertz CT molecular complexity index is 451. The van der Waals surface area contributed by atoms with Crippen LogP contribution in [0.1, 0.15) is 69.0 Å². The third-order valence-electron chi connectivity index (χ3n) is 5.57. The van der Waals surface area contributed by atoms with Crippen molar-refractivity contribution in [2.24, 2.45) is 11.7 Å². The molecule has 1 heterocycles. The van der Waals surface area contributed by atoms with Gasteiger partial charge in [-0.1, -0.05) is 44.5 Å². The third-order valence-corrected chi connectivity index (χ3v) is 5.57. The number of nitrogens with zero attached hydrogens (tertiary/aromatic N) is 1. The van der Waals surface area contributed by atoms with E-state index in [1.54, 1.807) is 0 Å². The Balaban J connectivity index is 1.63. The van der Waals surface area contributed by atoms with Crippen molar-refractivity contribution >= 4 is 0 Å². The highest BCUT2D eigenvalue weighted by molar-refractivity contribution is 5.27. The summed E-state index contributed by atoms with van der Waals surface area (Å²) in [5, 5.41) is 0. The molecule has 1 saturated carbocycles. The quantitative estimate of drug-likeness (QED) is 0.904. The smallest absolute Gasteiger partial charge is 0.0424 e. The summed E-state index contributed by atoms with van der Waals surface area (Å²) in [6.45, 7) is 6.76. The van der Waals surface area contributed by atoms with Gasteiger partial charge in [-0.2, -0.15) is 0 Å². The van der Waals surface area contributed by atoms with Gasteiger partial charge in [0.15, 0.2) is 0 Å². The van der Waals surface area contributed by atoms with Gasteiger partial charge >= 0.3 is 0 Å². The van der Waals surface area contributed by atoms with Gasteiger partial charge < -0.3 is 5.73 Å². The number of fused-ring (bicyclic) bond motifs is 1. The fraction of sp³-hybridized carbons (Fsp3) is 0.684. The van der Waals surface area contributed by atoms with E-state index in [-0.39, 0.29) is 6.04 Å². The topological polar surface area (TPSA) is 29.3 Å². The van der Waals surface area contributed by atoms with E-state index in [0.717, 1.165) is 18.5 Å². The highest BCUT2D eigenvalue weighted by Crippen LogP contribution is 2.37. The van der Waals surface area contributed by atoms with Gasteiger partial charge in [0.2, 0.25) is 0 Å². The lowest BCUT2D eigenvalue weighted by Gasteiger charge is -2.39. The van der Waals surface area contributed by atoms with Crippen LogP contribution in [-0.2, 0) is 0 Å². The minimum absolute atomic E-state index is 0.158. The van der Waals surface area contributed by atoms with Crippen molar-refractivity contribution in [1.82, 2.24) is 4.90 Å². The van der Waals surface area contributed by atoms with Gasteiger partial charge in [-0.15, -0.1) is 0 Å². The molecule has 1 saturated heterocycles. The molecule has 1 aliphatic heterocycles. The number of rotatable bonds is 4. The van der Waals surface area contributed by atoms with E-state index in [9.17, 15) is 0 Å². The first-order valence-corrected chi connectivity index (χ1v) is 8.74. The van der Waals surface area contributed by atoms with Crippen molar-refractivity contribution in [1.29, 1.82) is 0 Å². The van der Waals surface area contributed by atoms with Crippen LogP contribution in [0, 0.1) is 5.92 Å². The highest BCUT2D eigenvalue weighted by Gasteiger charge is 2.35. The van der Waals surface area contributed by atoms with Crippen LogP contribution in [0.3, 0.4) is 0 Å². The van der Waals surface area contributed by atoms with Gasteiger partial charge in [0.1, 0.15) is 0 Å². The van der Waals surface area contributed by atoms with E-state index < -0.39 is 0 Å². The van der Waals surface area contributed by atoms with E-state index in [2.05, 4.69) is 43.0 Å². The van der Waals surface area contributed by atoms with E-state index in [0.29, 0.717) is 5.92 Å². The zero-order chi connectivity index (χ0) is 14.8. The van der Waals surface area contributed by atoms with E-state index in [1.807, 2.05) is 0 Å². The van der Waals surface area contributed by atoms with Crippen LogP contribution >= 0.6 is 0 Å². The normalized spacial score (nSPS) is 27.8. The van der Waals surface area contributed by atoms with Crippen LogP contribution in [0.2, 0.25) is 0 Å². The molecule has 1 aliphatic carbocycles. The molecule has 1 aromatic carbocycles. The predicted molar refractivity (Wildman–Crippen MR) is 89.4 cm³/mol. The molecule has 2 N–H and O–H groups in total. The fourth-order valence-corrected chi connectivity index (χ4v) is 4.27. The minimum Gasteiger partial charge on any atom is -0.323 e. The lowest BCUT2D eigenvalue weighted by molar-refractivity contribution is 0.106. The second-order valence-electron chi connectivity index (χ2n) is 7.32. The van der Waals surface area contributed by atoms with Crippen LogP contribution in [0.5, 0.6) is 0 Å². The van der Waals surface area contributed by atoms with Crippen molar-refractivity contribution in [3.05, 3.63) is 35.4 Å². The molecule has 0 spiro atoms. The third kappa shape index (κ3) is 3.32. The number of likely N-dealkylation sites (tertiary alicyclic amines) is 1. The molecule has 2 aliphatic rings. The van der Waals surface area contributed by atoms with Gasteiger partial charge in [-0.05, 0) is 55.2 Å². The Morgan fingerprint density at radius 2 is 1.71 bits per heavy atom. The molecular weight excluding hydrogens is 256 g/mol. The summed E-state index contributed by atoms with van der Waals surface area (Å²) in [7, 11) is 0. The molecule has 2 heteroatoms. The van der Waals surface area contributed by atoms with Crippen molar-refractivity contribution < 1.29 is 0 Å². The fourth-order valence-electron chi connectivity index (χ4n) is 4.27. The minimum atomic E-state index is 0.158. The van der Waals surface area contributed by atoms with Crippen molar-refractivity contribution in [2.75, 3.05) is 13.1 Å². The molecule has 3 unspecified atom stereocenters. The molecule has 1 aromatic rings. The zero-order valence-electron chi connectivity index (χ0n) is 13.6. The lowest BCUT2D eigenvalue weighted by Crippen LogP contribution is -2.45. The molecule has 0 amide bonds. The summed E-state index contributed by atoms with van der Waals surface area (Å²) in [5.74, 6) is 1.55. The highest BCUT2D eigenvalue weighted by atomic mass is 15.2. The maximum Gasteiger partial charge on any atom is 0.0424 e.